The zero-order valence-corrected chi connectivity index (χ0v) is 16.1. The minimum Gasteiger partial charge on any atom is -0.465 e. The molecule has 4 aliphatic rings. The lowest BCUT2D eigenvalue weighted by atomic mass is 9.44. The summed E-state index contributed by atoms with van der Waals surface area (Å²) >= 11 is 0. The number of ether oxygens (including phenoxy) is 1. The molecule has 3 heteroatoms. The first-order valence-corrected chi connectivity index (χ1v) is 10.5. The van der Waals surface area contributed by atoms with Gasteiger partial charge in [-0.25, -0.2) is 0 Å². The van der Waals surface area contributed by atoms with Crippen molar-refractivity contribution in [3.05, 3.63) is 0 Å². The van der Waals surface area contributed by atoms with Crippen molar-refractivity contribution in [2.75, 3.05) is 0 Å². The van der Waals surface area contributed by atoms with E-state index in [1.54, 1.807) is 0 Å². The van der Waals surface area contributed by atoms with E-state index in [0.717, 1.165) is 37.0 Å². The van der Waals surface area contributed by atoms with Crippen molar-refractivity contribution >= 4 is 12.3 Å². The second kappa shape index (κ2) is 6.09. The molecular weight excluding hydrogens is 312 g/mol. The van der Waals surface area contributed by atoms with Gasteiger partial charge in [0.25, 0.3) is 6.47 Å². The molecule has 0 amide bonds. The molecule has 0 aliphatic heterocycles. The molecule has 140 valence electrons. The lowest BCUT2D eigenvalue weighted by Gasteiger charge is -2.61. The summed E-state index contributed by atoms with van der Waals surface area (Å²) in [7, 11) is 0. The molecule has 0 saturated heterocycles. The van der Waals surface area contributed by atoms with Gasteiger partial charge in [0.1, 0.15) is 11.9 Å². The Morgan fingerprint density at radius 1 is 0.960 bits per heavy atom. The molecule has 4 saturated carbocycles. The Hall–Kier alpha value is -0.860. The fraction of sp³-hybridized carbons (Fsp3) is 0.909. The van der Waals surface area contributed by atoms with Crippen LogP contribution in [-0.2, 0) is 14.3 Å². The average Bonchev–Trinajstić information content (AvgIpc) is 2.93. The highest BCUT2D eigenvalue weighted by Crippen LogP contribution is 2.67. The quantitative estimate of drug-likeness (QED) is 0.691. The van der Waals surface area contributed by atoms with Crippen LogP contribution in [0.1, 0.15) is 78.6 Å². The van der Waals surface area contributed by atoms with Gasteiger partial charge in [-0.2, -0.15) is 0 Å². The van der Waals surface area contributed by atoms with Crippen molar-refractivity contribution in [2.45, 2.75) is 84.7 Å². The van der Waals surface area contributed by atoms with Gasteiger partial charge >= 0.3 is 0 Å². The molecule has 0 aromatic rings. The number of carbonyl (C=O) groups excluding carboxylic acids is 2. The van der Waals surface area contributed by atoms with Crippen LogP contribution >= 0.6 is 0 Å². The summed E-state index contributed by atoms with van der Waals surface area (Å²) in [4.78, 5) is 22.9. The molecular formula is C22H34O3. The molecule has 8 atom stereocenters. The Labute approximate surface area is 152 Å². The molecule has 0 spiro atoms. The monoisotopic (exact) mass is 346 g/mol. The van der Waals surface area contributed by atoms with E-state index in [2.05, 4.69) is 13.8 Å². The second-order valence-electron chi connectivity index (χ2n) is 10.1. The normalized spacial score (nSPS) is 51.8. The van der Waals surface area contributed by atoms with Crippen LogP contribution in [0.3, 0.4) is 0 Å². The van der Waals surface area contributed by atoms with Crippen molar-refractivity contribution in [3.63, 3.8) is 0 Å². The maximum Gasteiger partial charge on any atom is 0.293 e. The fourth-order valence-corrected chi connectivity index (χ4v) is 8.09. The Balaban J connectivity index is 1.56. The standard InChI is InChI=1S/C22H34O3/c1-14(24)18-6-7-19-17-5-4-15-12-16(25-13-23)8-10-21(15,2)20(17)9-11-22(18,19)3/h13,15-20H,4-12H2,1-3H3/t15-,16+,17-,18+,19-,20-,21-,22+/m0/s1. The van der Waals surface area contributed by atoms with Crippen LogP contribution in [0.25, 0.3) is 0 Å². The zero-order valence-electron chi connectivity index (χ0n) is 16.1. The number of ketones is 1. The minimum atomic E-state index is 0.148. The first kappa shape index (κ1) is 17.5. The highest BCUT2D eigenvalue weighted by atomic mass is 16.5. The summed E-state index contributed by atoms with van der Waals surface area (Å²) in [6.07, 6.45) is 11.0. The first-order chi connectivity index (χ1) is 11.9. The summed E-state index contributed by atoms with van der Waals surface area (Å²) in [5.41, 5.74) is 0.676. The maximum atomic E-state index is 12.2. The van der Waals surface area contributed by atoms with Gasteiger partial charge in [-0.1, -0.05) is 13.8 Å². The van der Waals surface area contributed by atoms with E-state index >= 15 is 0 Å². The molecule has 0 radical (unpaired) electrons. The largest absolute Gasteiger partial charge is 0.465 e. The molecule has 0 bridgehead atoms. The summed E-state index contributed by atoms with van der Waals surface area (Å²) in [6.45, 7) is 7.42. The molecule has 4 fully saturated rings. The predicted octanol–water partition coefficient (Wildman–Crippen LogP) is 4.78. The van der Waals surface area contributed by atoms with Gasteiger partial charge in [0.05, 0.1) is 0 Å². The number of fused-ring (bicyclic) bond motifs is 5. The van der Waals surface area contributed by atoms with Crippen LogP contribution in [0.5, 0.6) is 0 Å². The topological polar surface area (TPSA) is 43.4 Å². The Bertz CT molecular complexity index is 557. The Kier molecular flexibility index (Phi) is 4.28. The number of hydrogen-bond acceptors (Lipinski definition) is 3. The van der Waals surface area contributed by atoms with E-state index in [-0.39, 0.29) is 11.5 Å². The van der Waals surface area contributed by atoms with Crippen LogP contribution in [0.4, 0.5) is 0 Å². The second-order valence-corrected chi connectivity index (χ2v) is 10.1. The van der Waals surface area contributed by atoms with Gasteiger partial charge in [0.2, 0.25) is 0 Å². The number of Topliss-reactive ketones (excluding diaryl/α,β-unsaturated/α-hetero) is 1. The summed E-state index contributed by atoms with van der Waals surface area (Å²) in [6, 6.07) is 0. The van der Waals surface area contributed by atoms with E-state index in [9.17, 15) is 9.59 Å². The molecule has 25 heavy (non-hydrogen) atoms. The predicted molar refractivity (Wildman–Crippen MR) is 96.8 cm³/mol. The van der Waals surface area contributed by atoms with Crippen molar-refractivity contribution in [1.29, 1.82) is 0 Å². The van der Waals surface area contributed by atoms with Crippen LogP contribution in [-0.4, -0.2) is 18.4 Å². The molecule has 3 nitrogen and oxygen atoms in total. The van der Waals surface area contributed by atoms with Gasteiger partial charge in [-0.15, -0.1) is 0 Å². The van der Waals surface area contributed by atoms with Crippen molar-refractivity contribution in [1.82, 2.24) is 0 Å². The summed E-state index contributed by atoms with van der Waals surface area (Å²) < 4.78 is 5.32. The number of rotatable bonds is 3. The van der Waals surface area contributed by atoms with E-state index in [4.69, 9.17) is 4.74 Å². The van der Waals surface area contributed by atoms with E-state index in [0.29, 0.717) is 29.5 Å². The van der Waals surface area contributed by atoms with Gasteiger partial charge in [0, 0.05) is 5.92 Å². The van der Waals surface area contributed by atoms with Crippen LogP contribution in [0, 0.1) is 40.4 Å². The number of hydrogen-bond donors (Lipinski definition) is 0. The zero-order chi connectivity index (χ0) is 17.8. The Morgan fingerprint density at radius 2 is 1.68 bits per heavy atom. The van der Waals surface area contributed by atoms with E-state index < -0.39 is 0 Å². The molecule has 0 aromatic carbocycles. The lowest BCUT2D eigenvalue weighted by Crippen LogP contribution is -2.54. The molecule has 4 aliphatic carbocycles. The van der Waals surface area contributed by atoms with Crippen LogP contribution < -0.4 is 0 Å². The SMILES string of the molecule is CC(=O)[C@H]1CC[C@H]2[C@@H]3CC[C@H]4C[C@H](OC=O)CC[C@]4(C)[C@H]3CC[C@]12C. The lowest BCUT2D eigenvalue weighted by molar-refractivity contribution is -0.152. The third-order valence-electron chi connectivity index (χ3n) is 9.36. The van der Waals surface area contributed by atoms with Crippen molar-refractivity contribution < 1.29 is 14.3 Å². The van der Waals surface area contributed by atoms with E-state index in [1.165, 1.54) is 38.5 Å². The smallest absolute Gasteiger partial charge is 0.293 e. The summed E-state index contributed by atoms with van der Waals surface area (Å²) in [5, 5.41) is 0. The molecule has 0 unspecified atom stereocenters. The highest BCUT2D eigenvalue weighted by Gasteiger charge is 2.60. The highest BCUT2D eigenvalue weighted by molar-refractivity contribution is 5.79. The van der Waals surface area contributed by atoms with Gasteiger partial charge in [-0.3, -0.25) is 9.59 Å². The van der Waals surface area contributed by atoms with Gasteiger partial charge in [-0.05, 0) is 99.2 Å². The average molecular weight is 347 g/mol. The van der Waals surface area contributed by atoms with Gasteiger partial charge < -0.3 is 4.74 Å². The van der Waals surface area contributed by atoms with Crippen molar-refractivity contribution in [3.8, 4) is 0 Å². The Morgan fingerprint density at radius 3 is 2.40 bits per heavy atom. The van der Waals surface area contributed by atoms with Crippen molar-refractivity contribution in [2.24, 2.45) is 40.4 Å². The third-order valence-corrected chi connectivity index (χ3v) is 9.36. The van der Waals surface area contributed by atoms with Crippen LogP contribution in [0.2, 0.25) is 0 Å². The molecule has 4 rings (SSSR count). The number of carbonyl (C=O) groups is 2. The summed E-state index contributed by atoms with van der Waals surface area (Å²) in [5.74, 6) is 3.82. The maximum absolute atomic E-state index is 12.2. The van der Waals surface area contributed by atoms with Gasteiger partial charge in [0.15, 0.2) is 0 Å². The molecule has 0 N–H and O–H groups in total. The van der Waals surface area contributed by atoms with Crippen LogP contribution in [0.15, 0.2) is 0 Å². The molecule has 0 heterocycles. The minimum absolute atomic E-state index is 0.148. The third kappa shape index (κ3) is 2.51. The molecule has 0 aromatic heterocycles. The first-order valence-electron chi connectivity index (χ1n) is 10.5. The van der Waals surface area contributed by atoms with E-state index in [1.807, 2.05) is 6.92 Å². The fourth-order valence-electron chi connectivity index (χ4n) is 8.09.